The molecule has 170 valence electrons. The first kappa shape index (κ1) is 22.2. The summed E-state index contributed by atoms with van der Waals surface area (Å²) >= 11 is 0. The van der Waals surface area contributed by atoms with Gasteiger partial charge in [0.05, 0.1) is 19.0 Å². The molecule has 0 aliphatic heterocycles. The van der Waals surface area contributed by atoms with Gasteiger partial charge in [0.2, 0.25) is 5.91 Å². The average Bonchev–Trinajstić information content (AvgIpc) is 3.24. The number of ether oxygens (including phenoxy) is 1. The molecule has 0 fully saturated rings. The summed E-state index contributed by atoms with van der Waals surface area (Å²) in [6, 6.07) is 13.5. The Labute approximate surface area is 189 Å². The van der Waals surface area contributed by atoms with Crippen molar-refractivity contribution >= 4 is 16.9 Å². The maximum atomic E-state index is 13.2. The molecule has 1 amide bonds. The number of aryl methyl sites for hydroxylation is 1. The van der Waals surface area contributed by atoms with Gasteiger partial charge < -0.3 is 10.1 Å². The van der Waals surface area contributed by atoms with E-state index in [9.17, 15) is 14.0 Å². The second-order valence-corrected chi connectivity index (χ2v) is 7.58. The van der Waals surface area contributed by atoms with Crippen LogP contribution >= 0.6 is 0 Å². The number of hydrogen-bond donors (Lipinski definition) is 1. The number of methoxy groups -OCH3 is 1. The number of carbonyl (C=O) groups is 1. The van der Waals surface area contributed by atoms with Crippen LogP contribution in [0.2, 0.25) is 0 Å². The number of rotatable bonds is 8. The number of carbonyl (C=O) groups excluding carboxylic acids is 1. The van der Waals surface area contributed by atoms with E-state index in [1.807, 2.05) is 24.3 Å². The van der Waals surface area contributed by atoms with Crippen molar-refractivity contribution in [2.24, 2.45) is 0 Å². The molecule has 0 aliphatic rings. The van der Waals surface area contributed by atoms with Gasteiger partial charge in [0.15, 0.2) is 5.65 Å². The summed E-state index contributed by atoms with van der Waals surface area (Å²) in [5.74, 6) is 0.765. The molecule has 33 heavy (non-hydrogen) atoms. The maximum absolute atomic E-state index is 13.2. The Morgan fingerprint density at radius 1 is 1.12 bits per heavy atom. The van der Waals surface area contributed by atoms with Gasteiger partial charge in [-0.2, -0.15) is 5.10 Å². The van der Waals surface area contributed by atoms with Gasteiger partial charge in [0, 0.05) is 19.5 Å². The van der Waals surface area contributed by atoms with Gasteiger partial charge in [-0.15, -0.1) is 0 Å². The molecule has 0 bridgehead atoms. The quantitative estimate of drug-likeness (QED) is 0.447. The predicted octanol–water partition coefficient (Wildman–Crippen LogP) is 2.79. The Balaban J connectivity index is 1.40. The molecule has 1 N–H and O–H groups in total. The van der Waals surface area contributed by atoms with Crippen LogP contribution in [0.25, 0.3) is 16.7 Å². The molecule has 9 heteroatoms. The third-order valence-electron chi connectivity index (χ3n) is 5.41. The lowest BCUT2D eigenvalue weighted by Gasteiger charge is -2.11. The first-order valence-electron chi connectivity index (χ1n) is 10.6. The Morgan fingerprint density at radius 3 is 2.55 bits per heavy atom. The van der Waals surface area contributed by atoms with Crippen LogP contribution in [0.5, 0.6) is 5.75 Å². The van der Waals surface area contributed by atoms with Crippen LogP contribution in [0.3, 0.4) is 0 Å². The molecule has 2 aromatic carbocycles. The van der Waals surface area contributed by atoms with Crippen LogP contribution < -0.4 is 15.6 Å². The van der Waals surface area contributed by atoms with E-state index in [4.69, 9.17) is 4.74 Å². The molecule has 0 radical (unpaired) electrons. The van der Waals surface area contributed by atoms with Crippen molar-refractivity contribution in [2.75, 3.05) is 13.7 Å². The standard InChI is InChI=1S/C24H24FN5O3/c1-16-28-23-21(15-27-30(23)19-7-5-18(25)6-8-19)24(32)29(16)14-12-22(31)26-13-11-17-3-9-20(33-2)10-4-17/h3-10,15H,11-14H2,1-2H3,(H,26,31). The van der Waals surface area contributed by atoms with Gasteiger partial charge in [0.1, 0.15) is 22.8 Å². The fourth-order valence-electron chi connectivity index (χ4n) is 3.58. The molecule has 4 aromatic rings. The van der Waals surface area contributed by atoms with E-state index < -0.39 is 0 Å². The topological polar surface area (TPSA) is 91.0 Å². The van der Waals surface area contributed by atoms with Gasteiger partial charge in [-0.25, -0.2) is 14.1 Å². The number of aromatic nitrogens is 4. The molecule has 0 spiro atoms. The second-order valence-electron chi connectivity index (χ2n) is 7.58. The fourth-order valence-corrected chi connectivity index (χ4v) is 3.58. The van der Waals surface area contributed by atoms with Crippen molar-refractivity contribution in [2.45, 2.75) is 26.3 Å². The third kappa shape index (κ3) is 4.92. The van der Waals surface area contributed by atoms with Crippen LogP contribution in [-0.4, -0.2) is 38.9 Å². The molecular weight excluding hydrogens is 425 g/mol. The number of fused-ring (bicyclic) bond motifs is 1. The zero-order chi connectivity index (χ0) is 23.4. The minimum Gasteiger partial charge on any atom is -0.497 e. The van der Waals surface area contributed by atoms with Gasteiger partial charge in [-0.3, -0.25) is 14.2 Å². The second kappa shape index (κ2) is 9.64. The summed E-state index contributed by atoms with van der Waals surface area (Å²) < 4.78 is 21.3. The van der Waals surface area contributed by atoms with Crippen molar-refractivity contribution in [1.29, 1.82) is 0 Å². The van der Waals surface area contributed by atoms with E-state index in [-0.39, 0.29) is 30.2 Å². The molecular formula is C24H24FN5O3. The summed E-state index contributed by atoms with van der Waals surface area (Å²) in [7, 11) is 1.62. The predicted molar refractivity (Wildman–Crippen MR) is 122 cm³/mol. The summed E-state index contributed by atoms with van der Waals surface area (Å²) in [5, 5.41) is 7.47. The van der Waals surface area contributed by atoms with Crippen LogP contribution in [0, 0.1) is 12.7 Å². The zero-order valence-corrected chi connectivity index (χ0v) is 18.4. The highest BCUT2D eigenvalue weighted by Crippen LogP contribution is 2.15. The summed E-state index contributed by atoms with van der Waals surface area (Å²) in [4.78, 5) is 29.8. The molecule has 2 heterocycles. The van der Waals surface area contributed by atoms with Crippen molar-refractivity contribution < 1.29 is 13.9 Å². The SMILES string of the molecule is COc1ccc(CCNC(=O)CCn2c(C)nc3c(cnn3-c3ccc(F)cc3)c2=O)cc1. The molecule has 0 unspecified atom stereocenters. The van der Waals surface area contributed by atoms with Crippen LogP contribution in [0.1, 0.15) is 17.8 Å². The molecule has 8 nitrogen and oxygen atoms in total. The Bertz CT molecular complexity index is 1330. The van der Waals surface area contributed by atoms with Gasteiger partial charge in [0.25, 0.3) is 5.56 Å². The highest BCUT2D eigenvalue weighted by atomic mass is 19.1. The first-order valence-corrected chi connectivity index (χ1v) is 10.6. The molecule has 0 atom stereocenters. The number of benzene rings is 2. The minimum atomic E-state index is -0.357. The van der Waals surface area contributed by atoms with Crippen LogP contribution in [-0.2, 0) is 17.8 Å². The summed E-state index contributed by atoms with van der Waals surface area (Å²) in [5.41, 5.74) is 1.82. The van der Waals surface area contributed by atoms with Gasteiger partial charge >= 0.3 is 0 Å². The smallest absolute Gasteiger partial charge is 0.264 e. The van der Waals surface area contributed by atoms with Crippen LogP contribution in [0.15, 0.2) is 59.5 Å². The van der Waals surface area contributed by atoms with E-state index in [0.717, 1.165) is 11.3 Å². The Hall–Kier alpha value is -4.01. The fraction of sp³-hybridized carbons (Fsp3) is 0.250. The largest absolute Gasteiger partial charge is 0.497 e. The maximum Gasteiger partial charge on any atom is 0.264 e. The van der Waals surface area contributed by atoms with E-state index in [1.54, 1.807) is 26.2 Å². The normalized spacial score (nSPS) is 11.0. The highest BCUT2D eigenvalue weighted by Gasteiger charge is 2.15. The third-order valence-corrected chi connectivity index (χ3v) is 5.41. The van der Waals surface area contributed by atoms with E-state index in [0.29, 0.717) is 35.5 Å². The van der Waals surface area contributed by atoms with Gasteiger partial charge in [-0.1, -0.05) is 12.1 Å². The molecule has 2 aromatic heterocycles. The van der Waals surface area contributed by atoms with Crippen molar-refractivity contribution in [1.82, 2.24) is 24.6 Å². The minimum absolute atomic E-state index is 0.142. The number of halogens is 1. The van der Waals surface area contributed by atoms with E-state index >= 15 is 0 Å². The molecule has 0 saturated carbocycles. The first-order chi connectivity index (χ1) is 16.0. The summed E-state index contributed by atoms with van der Waals surface area (Å²) in [6.07, 6.45) is 2.30. The number of nitrogens with zero attached hydrogens (tertiary/aromatic N) is 4. The number of nitrogens with one attached hydrogen (secondary N) is 1. The van der Waals surface area contributed by atoms with E-state index in [2.05, 4.69) is 15.4 Å². The Kier molecular flexibility index (Phi) is 6.48. The average molecular weight is 449 g/mol. The Morgan fingerprint density at radius 2 is 1.85 bits per heavy atom. The van der Waals surface area contributed by atoms with Crippen molar-refractivity contribution in [3.05, 3.63) is 82.3 Å². The highest BCUT2D eigenvalue weighted by molar-refractivity contribution is 5.76. The van der Waals surface area contributed by atoms with Crippen molar-refractivity contribution in [3.63, 3.8) is 0 Å². The molecule has 0 saturated heterocycles. The van der Waals surface area contributed by atoms with Gasteiger partial charge in [-0.05, 0) is 55.3 Å². The zero-order valence-electron chi connectivity index (χ0n) is 18.4. The number of amides is 1. The monoisotopic (exact) mass is 449 g/mol. The lowest BCUT2D eigenvalue weighted by molar-refractivity contribution is -0.121. The van der Waals surface area contributed by atoms with Crippen molar-refractivity contribution in [3.8, 4) is 11.4 Å². The molecule has 4 rings (SSSR count). The van der Waals surface area contributed by atoms with Crippen LogP contribution in [0.4, 0.5) is 4.39 Å². The lowest BCUT2D eigenvalue weighted by atomic mass is 10.1. The summed E-state index contributed by atoms with van der Waals surface area (Å²) in [6.45, 7) is 2.43. The number of hydrogen-bond acceptors (Lipinski definition) is 5. The van der Waals surface area contributed by atoms with E-state index in [1.165, 1.54) is 27.6 Å². The lowest BCUT2D eigenvalue weighted by Crippen LogP contribution is -2.30. The molecule has 0 aliphatic carbocycles.